The fourth-order valence-electron chi connectivity index (χ4n) is 3.04. The summed E-state index contributed by atoms with van der Waals surface area (Å²) >= 11 is 0. The largest absolute Gasteiger partial charge is 0.313 e. The molecule has 0 aliphatic rings. The normalized spacial score (nSPS) is 15.7. The molecule has 0 spiro atoms. The predicted molar refractivity (Wildman–Crippen MR) is 89.0 cm³/mol. The van der Waals surface area contributed by atoms with Crippen molar-refractivity contribution in [2.24, 2.45) is 11.3 Å². The summed E-state index contributed by atoms with van der Waals surface area (Å²) in [5.74, 6) is 0.681. The van der Waals surface area contributed by atoms with E-state index in [1.165, 1.54) is 5.56 Å². The van der Waals surface area contributed by atoms with Crippen LogP contribution in [0.4, 0.5) is 0 Å². The molecule has 0 saturated carbocycles. The van der Waals surface area contributed by atoms with Gasteiger partial charge in [0.05, 0.1) is 0 Å². The van der Waals surface area contributed by atoms with Crippen molar-refractivity contribution in [3.05, 3.63) is 35.9 Å². The SMILES string of the molecule is CNC(c1ccccc1)C(C)(C)CN(C)C(C)C(C)C. The van der Waals surface area contributed by atoms with E-state index in [0.29, 0.717) is 18.0 Å². The van der Waals surface area contributed by atoms with Crippen LogP contribution in [0.25, 0.3) is 0 Å². The lowest BCUT2D eigenvalue weighted by molar-refractivity contribution is 0.113. The molecule has 2 heteroatoms. The van der Waals surface area contributed by atoms with E-state index in [1.54, 1.807) is 0 Å². The molecule has 0 aliphatic carbocycles. The number of benzene rings is 1. The Bertz CT molecular complexity index is 384. The van der Waals surface area contributed by atoms with Crippen LogP contribution in [-0.2, 0) is 0 Å². The smallest absolute Gasteiger partial charge is 0.0381 e. The summed E-state index contributed by atoms with van der Waals surface area (Å²) in [6, 6.07) is 11.7. The minimum absolute atomic E-state index is 0.175. The topological polar surface area (TPSA) is 15.3 Å². The quantitative estimate of drug-likeness (QED) is 0.811. The van der Waals surface area contributed by atoms with E-state index in [2.05, 4.69) is 89.3 Å². The summed E-state index contributed by atoms with van der Waals surface area (Å²) in [6.07, 6.45) is 0. The van der Waals surface area contributed by atoms with Gasteiger partial charge in [-0.15, -0.1) is 0 Å². The van der Waals surface area contributed by atoms with Gasteiger partial charge in [-0.25, -0.2) is 0 Å². The van der Waals surface area contributed by atoms with E-state index in [4.69, 9.17) is 0 Å². The molecule has 0 aromatic heterocycles. The molecule has 0 radical (unpaired) electrons. The highest BCUT2D eigenvalue weighted by molar-refractivity contribution is 5.21. The van der Waals surface area contributed by atoms with Crippen LogP contribution in [0, 0.1) is 11.3 Å². The molecule has 0 aliphatic heterocycles. The lowest BCUT2D eigenvalue weighted by Crippen LogP contribution is -2.44. The van der Waals surface area contributed by atoms with Gasteiger partial charge in [0.1, 0.15) is 0 Å². The summed E-state index contributed by atoms with van der Waals surface area (Å²) in [7, 11) is 4.30. The van der Waals surface area contributed by atoms with Crippen LogP contribution in [0.5, 0.6) is 0 Å². The minimum atomic E-state index is 0.175. The molecule has 2 unspecified atom stereocenters. The molecule has 0 amide bonds. The third-order valence-electron chi connectivity index (χ3n) is 4.52. The molecule has 114 valence electrons. The first-order valence-corrected chi connectivity index (χ1v) is 7.72. The van der Waals surface area contributed by atoms with Crippen LogP contribution in [0.3, 0.4) is 0 Å². The van der Waals surface area contributed by atoms with Crippen LogP contribution in [-0.4, -0.2) is 31.6 Å². The molecule has 0 saturated heterocycles. The standard InChI is InChI=1S/C18H32N2/c1-14(2)15(3)20(7)13-18(4,5)17(19-6)16-11-9-8-10-12-16/h8-12,14-15,17,19H,13H2,1-7H3. The van der Waals surface area contributed by atoms with Gasteiger partial charge in [0.2, 0.25) is 0 Å². The summed E-state index contributed by atoms with van der Waals surface area (Å²) in [6.45, 7) is 12.7. The van der Waals surface area contributed by atoms with Gasteiger partial charge in [-0.3, -0.25) is 0 Å². The Morgan fingerprint density at radius 3 is 2.10 bits per heavy atom. The molecule has 20 heavy (non-hydrogen) atoms. The monoisotopic (exact) mass is 276 g/mol. The van der Waals surface area contributed by atoms with Gasteiger partial charge < -0.3 is 10.2 Å². The van der Waals surface area contributed by atoms with E-state index in [9.17, 15) is 0 Å². The number of hydrogen-bond donors (Lipinski definition) is 1. The molecule has 0 heterocycles. The highest BCUT2D eigenvalue weighted by Crippen LogP contribution is 2.34. The number of hydrogen-bond acceptors (Lipinski definition) is 2. The van der Waals surface area contributed by atoms with Gasteiger partial charge in [0.25, 0.3) is 0 Å². The average Bonchev–Trinajstić information content (AvgIpc) is 2.38. The number of nitrogens with zero attached hydrogens (tertiary/aromatic N) is 1. The zero-order valence-electron chi connectivity index (χ0n) is 14.3. The van der Waals surface area contributed by atoms with Crippen molar-refractivity contribution in [1.29, 1.82) is 0 Å². The van der Waals surface area contributed by atoms with Gasteiger partial charge >= 0.3 is 0 Å². The Labute approximate surface area is 125 Å². The maximum absolute atomic E-state index is 3.51. The highest BCUT2D eigenvalue weighted by atomic mass is 15.1. The molecule has 1 rings (SSSR count). The fourth-order valence-corrected chi connectivity index (χ4v) is 3.04. The molecule has 1 N–H and O–H groups in total. The van der Waals surface area contributed by atoms with Crippen LogP contribution in [0.1, 0.15) is 46.2 Å². The van der Waals surface area contributed by atoms with Gasteiger partial charge in [-0.1, -0.05) is 58.0 Å². The Balaban J connectivity index is 2.85. The average molecular weight is 276 g/mol. The van der Waals surface area contributed by atoms with E-state index < -0.39 is 0 Å². The summed E-state index contributed by atoms with van der Waals surface area (Å²) in [5.41, 5.74) is 1.54. The molecule has 2 atom stereocenters. The Morgan fingerprint density at radius 2 is 1.65 bits per heavy atom. The number of rotatable bonds is 7. The van der Waals surface area contributed by atoms with Crippen molar-refractivity contribution in [3.8, 4) is 0 Å². The third-order valence-corrected chi connectivity index (χ3v) is 4.52. The van der Waals surface area contributed by atoms with Crippen LogP contribution in [0.15, 0.2) is 30.3 Å². The van der Waals surface area contributed by atoms with E-state index in [-0.39, 0.29) is 5.41 Å². The lowest BCUT2D eigenvalue weighted by atomic mass is 9.79. The van der Waals surface area contributed by atoms with Crippen molar-refractivity contribution in [2.75, 3.05) is 20.6 Å². The Hall–Kier alpha value is -0.860. The van der Waals surface area contributed by atoms with Gasteiger partial charge in [0.15, 0.2) is 0 Å². The summed E-state index contributed by atoms with van der Waals surface area (Å²) < 4.78 is 0. The lowest BCUT2D eigenvalue weighted by Gasteiger charge is -2.40. The van der Waals surface area contributed by atoms with E-state index in [1.807, 2.05) is 0 Å². The highest BCUT2D eigenvalue weighted by Gasteiger charge is 2.32. The molecule has 0 bridgehead atoms. The zero-order valence-corrected chi connectivity index (χ0v) is 14.3. The Morgan fingerprint density at radius 1 is 1.10 bits per heavy atom. The van der Waals surface area contributed by atoms with Crippen molar-refractivity contribution in [2.45, 2.75) is 46.7 Å². The maximum atomic E-state index is 3.51. The molecule has 1 aromatic rings. The zero-order chi connectivity index (χ0) is 15.3. The van der Waals surface area contributed by atoms with Crippen molar-refractivity contribution >= 4 is 0 Å². The van der Waals surface area contributed by atoms with Gasteiger partial charge in [0, 0.05) is 18.6 Å². The summed E-state index contributed by atoms with van der Waals surface area (Å²) in [4.78, 5) is 2.48. The van der Waals surface area contributed by atoms with E-state index >= 15 is 0 Å². The molecular weight excluding hydrogens is 244 g/mol. The second-order valence-electron chi connectivity index (χ2n) is 7.02. The maximum Gasteiger partial charge on any atom is 0.0381 e. The molecular formula is C18H32N2. The molecule has 2 nitrogen and oxygen atoms in total. The first kappa shape index (κ1) is 17.2. The van der Waals surface area contributed by atoms with Crippen molar-refractivity contribution in [1.82, 2.24) is 10.2 Å². The first-order chi connectivity index (χ1) is 9.29. The van der Waals surface area contributed by atoms with Gasteiger partial charge in [-0.05, 0) is 37.9 Å². The summed E-state index contributed by atoms with van der Waals surface area (Å²) in [5, 5.41) is 3.51. The predicted octanol–water partition coefficient (Wildman–Crippen LogP) is 3.95. The number of nitrogens with one attached hydrogen (secondary N) is 1. The minimum Gasteiger partial charge on any atom is -0.313 e. The molecule has 0 fully saturated rings. The second-order valence-corrected chi connectivity index (χ2v) is 7.02. The van der Waals surface area contributed by atoms with Gasteiger partial charge in [-0.2, -0.15) is 0 Å². The first-order valence-electron chi connectivity index (χ1n) is 7.72. The van der Waals surface area contributed by atoms with Crippen LogP contribution in [0.2, 0.25) is 0 Å². The van der Waals surface area contributed by atoms with E-state index in [0.717, 1.165) is 6.54 Å². The fraction of sp³-hybridized carbons (Fsp3) is 0.667. The van der Waals surface area contributed by atoms with Crippen molar-refractivity contribution in [3.63, 3.8) is 0 Å². The van der Waals surface area contributed by atoms with Crippen LogP contribution >= 0.6 is 0 Å². The molecule has 1 aromatic carbocycles. The van der Waals surface area contributed by atoms with Crippen molar-refractivity contribution < 1.29 is 0 Å². The van der Waals surface area contributed by atoms with Crippen LogP contribution < -0.4 is 5.32 Å². The Kier molecular flexibility index (Phi) is 6.22. The third kappa shape index (κ3) is 4.32. The second kappa shape index (κ2) is 7.24.